The standard InChI is InChI=1S/C28H43FN7O9P/c1-8-28(29)21(37)19(45-26(28)36-14-31-20-22(36)32-27(30)33-23(20)38)13-44-46(41,34-17(11-15(4)5)24(39)42-9-2)35-18(12-16(6)7)25(40)43-10-3/h1,14-19,21,26,37H,9-13H2,2-7H3,(H2,34,35,41)(H3,30,32,33,38)/t17?,18?,19-,21+,26-,28?,46?/m1/s1. The molecule has 2 aromatic heterocycles. The summed E-state index contributed by atoms with van der Waals surface area (Å²) in [4.78, 5) is 48.2. The summed E-state index contributed by atoms with van der Waals surface area (Å²) in [6.45, 7) is 9.96. The van der Waals surface area contributed by atoms with Crippen molar-refractivity contribution in [2.24, 2.45) is 11.8 Å². The first-order chi connectivity index (χ1) is 21.6. The lowest BCUT2D eigenvalue weighted by Crippen LogP contribution is -2.46. The molecule has 1 aliphatic heterocycles. The second kappa shape index (κ2) is 15.5. The molecule has 0 amide bonds. The molecule has 256 valence electrons. The second-order valence-corrected chi connectivity index (χ2v) is 13.5. The maximum atomic E-state index is 16.3. The number of nitrogen functional groups attached to an aromatic ring is 1. The topological polar surface area (TPSA) is 222 Å². The smallest absolute Gasteiger partial charge is 0.342 e. The molecule has 3 unspecified atom stereocenters. The minimum absolute atomic E-state index is 0.0516. The van der Waals surface area contributed by atoms with Crippen LogP contribution >= 0.6 is 7.67 Å². The zero-order valence-electron chi connectivity index (χ0n) is 26.7. The molecule has 18 heteroatoms. The average molecular weight is 672 g/mol. The number of ether oxygens (including phenoxy) is 3. The number of halogens is 1. The van der Waals surface area contributed by atoms with Crippen LogP contribution in [0.25, 0.3) is 11.2 Å². The van der Waals surface area contributed by atoms with Crippen LogP contribution < -0.4 is 21.5 Å². The highest BCUT2D eigenvalue weighted by molar-refractivity contribution is 7.54. The van der Waals surface area contributed by atoms with Crippen molar-refractivity contribution in [2.45, 2.75) is 90.6 Å². The number of hydrogen-bond donors (Lipinski definition) is 5. The average Bonchev–Trinajstić information content (AvgIpc) is 3.49. The van der Waals surface area contributed by atoms with E-state index in [0.29, 0.717) is 0 Å². The van der Waals surface area contributed by atoms with Crippen molar-refractivity contribution in [1.29, 1.82) is 0 Å². The molecule has 0 saturated carbocycles. The molecule has 1 aliphatic rings. The van der Waals surface area contributed by atoms with E-state index in [9.17, 15) is 24.1 Å². The number of carbonyl (C=O) groups excluding carboxylic acids is 2. The summed E-state index contributed by atoms with van der Waals surface area (Å²) in [7, 11) is -4.42. The van der Waals surface area contributed by atoms with Gasteiger partial charge < -0.3 is 29.6 Å². The van der Waals surface area contributed by atoms with Crippen LogP contribution in [0, 0.1) is 24.2 Å². The number of anilines is 1. The van der Waals surface area contributed by atoms with Crippen molar-refractivity contribution in [3.8, 4) is 12.3 Å². The third kappa shape index (κ3) is 8.49. The fourth-order valence-corrected chi connectivity index (χ4v) is 6.78. The minimum atomic E-state index is -4.42. The Morgan fingerprint density at radius 3 is 2.22 bits per heavy atom. The van der Waals surface area contributed by atoms with Crippen LogP contribution in [0.2, 0.25) is 0 Å². The van der Waals surface area contributed by atoms with Gasteiger partial charge >= 0.3 is 19.6 Å². The molecule has 2 aromatic rings. The molecule has 6 atom stereocenters. The van der Waals surface area contributed by atoms with E-state index in [1.165, 1.54) is 0 Å². The van der Waals surface area contributed by atoms with Crippen LogP contribution in [0.5, 0.6) is 0 Å². The highest BCUT2D eigenvalue weighted by Gasteiger charge is 2.58. The number of aliphatic hydroxyl groups excluding tert-OH is 1. The molecule has 46 heavy (non-hydrogen) atoms. The zero-order valence-corrected chi connectivity index (χ0v) is 27.6. The Morgan fingerprint density at radius 2 is 1.74 bits per heavy atom. The van der Waals surface area contributed by atoms with Crippen LogP contribution in [0.3, 0.4) is 0 Å². The number of aliphatic hydroxyl groups is 1. The summed E-state index contributed by atoms with van der Waals surface area (Å²) in [6, 6.07) is -2.28. The highest BCUT2D eigenvalue weighted by Crippen LogP contribution is 2.46. The molecule has 6 N–H and O–H groups in total. The first kappa shape index (κ1) is 37.1. The van der Waals surface area contributed by atoms with Gasteiger partial charge in [0.05, 0.1) is 26.1 Å². The molecule has 16 nitrogen and oxygen atoms in total. The van der Waals surface area contributed by atoms with Crippen LogP contribution in [-0.4, -0.2) is 86.3 Å². The van der Waals surface area contributed by atoms with Gasteiger partial charge in [0.1, 0.15) is 24.3 Å². The molecule has 1 fully saturated rings. The maximum absolute atomic E-state index is 16.3. The summed E-state index contributed by atoms with van der Waals surface area (Å²) in [5, 5.41) is 16.4. The number of nitrogens with two attached hydrogens (primary N) is 1. The first-order valence-electron chi connectivity index (χ1n) is 14.9. The molecule has 3 rings (SSSR count). The molecule has 0 spiro atoms. The Bertz CT molecular complexity index is 1490. The fourth-order valence-electron chi connectivity index (χ4n) is 4.96. The van der Waals surface area contributed by atoms with Crippen molar-refractivity contribution in [3.63, 3.8) is 0 Å². The number of imidazole rings is 1. The van der Waals surface area contributed by atoms with Gasteiger partial charge in [0.2, 0.25) is 11.6 Å². The van der Waals surface area contributed by atoms with E-state index < -0.39 is 68.0 Å². The number of terminal acetylenes is 1. The monoisotopic (exact) mass is 671 g/mol. The van der Waals surface area contributed by atoms with Crippen LogP contribution in [0.15, 0.2) is 11.1 Å². The molecule has 0 bridgehead atoms. The summed E-state index contributed by atoms with van der Waals surface area (Å²) >= 11 is 0. The molecular weight excluding hydrogens is 628 g/mol. The number of carbonyl (C=O) groups is 2. The van der Waals surface area contributed by atoms with E-state index in [0.717, 1.165) is 10.9 Å². The summed E-state index contributed by atoms with van der Waals surface area (Å²) in [6.07, 6.45) is 1.58. The second-order valence-electron chi connectivity index (χ2n) is 11.6. The van der Waals surface area contributed by atoms with Gasteiger partial charge in [-0.1, -0.05) is 33.6 Å². The maximum Gasteiger partial charge on any atom is 0.342 e. The van der Waals surface area contributed by atoms with Gasteiger partial charge in [0.25, 0.3) is 5.56 Å². The van der Waals surface area contributed by atoms with E-state index in [-0.39, 0.29) is 55.0 Å². The Morgan fingerprint density at radius 1 is 1.20 bits per heavy atom. The predicted molar refractivity (Wildman–Crippen MR) is 165 cm³/mol. The molecule has 1 saturated heterocycles. The van der Waals surface area contributed by atoms with Gasteiger partial charge in [-0.05, 0) is 38.5 Å². The van der Waals surface area contributed by atoms with Gasteiger partial charge in [-0.3, -0.25) is 28.5 Å². The Balaban J connectivity index is 1.97. The number of alkyl halides is 1. The quantitative estimate of drug-likeness (QED) is 0.0971. The Hall–Kier alpha value is -3.39. The van der Waals surface area contributed by atoms with Gasteiger partial charge in [0.15, 0.2) is 17.4 Å². The third-order valence-corrected chi connectivity index (χ3v) is 8.81. The van der Waals surface area contributed by atoms with Crippen LogP contribution in [0.4, 0.5) is 10.3 Å². The number of esters is 2. The van der Waals surface area contributed by atoms with Crippen LogP contribution in [0.1, 0.15) is 60.6 Å². The number of nitrogens with one attached hydrogen (secondary N) is 3. The normalized spacial score (nSPS) is 24.1. The van der Waals surface area contributed by atoms with Crippen molar-refractivity contribution in [3.05, 3.63) is 16.7 Å². The van der Waals surface area contributed by atoms with Gasteiger partial charge in [0, 0.05) is 0 Å². The van der Waals surface area contributed by atoms with Crippen molar-refractivity contribution < 1.29 is 42.4 Å². The van der Waals surface area contributed by atoms with Crippen LogP contribution in [-0.2, 0) is 32.9 Å². The Labute approximate surface area is 265 Å². The van der Waals surface area contributed by atoms with E-state index in [2.05, 4.69) is 25.1 Å². The molecule has 0 aliphatic carbocycles. The SMILES string of the molecule is C#CC1(F)[C@@H](O)[C@@H](COP(=O)(NC(CC(C)C)C(=O)OCC)NC(CC(C)C)C(=O)OCC)O[C@H]1n1cnc2c(=O)[nH]c(N)nc21. The highest BCUT2D eigenvalue weighted by atomic mass is 31.2. The number of fused-ring (bicyclic) bond motifs is 1. The molecule has 3 heterocycles. The summed E-state index contributed by atoms with van der Waals surface area (Å²) in [5.74, 6) is 0.0826. The van der Waals surface area contributed by atoms with E-state index in [4.69, 9.17) is 30.9 Å². The first-order valence-corrected chi connectivity index (χ1v) is 16.6. The summed E-state index contributed by atoms with van der Waals surface area (Å²) in [5.41, 5.74) is 1.71. The number of rotatable bonds is 16. The lowest BCUT2D eigenvalue weighted by molar-refractivity contribution is -0.146. The molecule has 0 radical (unpaired) electrons. The number of aromatic amines is 1. The van der Waals surface area contributed by atoms with E-state index in [1.807, 2.05) is 33.6 Å². The van der Waals surface area contributed by atoms with Gasteiger partial charge in [-0.15, -0.1) is 6.42 Å². The third-order valence-electron chi connectivity index (χ3n) is 7.00. The van der Waals surface area contributed by atoms with E-state index in [1.54, 1.807) is 13.8 Å². The zero-order chi connectivity index (χ0) is 34.4. The molecular formula is C28H43FN7O9P. The number of nitrogens with zero attached hydrogens (tertiary/aromatic N) is 3. The summed E-state index contributed by atoms with van der Waals surface area (Å²) < 4.78 is 53.6. The number of aromatic nitrogens is 4. The van der Waals surface area contributed by atoms with Crippen molar-refractivity contribution in [1.82, 2.24) is 29.7 Å². The van der Waals surface area contributed by atoms with E-state index >= 15 is 4.39 Å². The number of H-pyrrole nitrogens is 1. The fraction of sp³-hybridized carbons (Fsp3) is 0.679. The predicted octanol–water partition coefficient (Wildman–Crippen LogP) is 1.56. The number of hydrogen-bond acceptors (Lipinski definition) is 12. The van der Waals surface area contributed by atoms with Crippen molar-refractivity contribution in [2.75, 3.05) is 25.6 Å². The van der Waals surface area contributed by atoms with Gasteiger partial charge in [-0.2, -0.15) is 4.98 Å². The Kier molecular flexibility index (Phi) is 12.5. The largest absolute Gasteiger partial charge is 0.465 e. The minimum Gasteiger partial charge on any atom is -0.465 e. The van der Waals surface area contributed by atoms with Crippen molar-refractivity contribution >= 4 is 36.7 Å². The lowest BCUT2D eigenvalue weighted by atomic mass is 9.97. The molecule has 0 aromatic carbocycles. The van der Waals surface area contributed by atoms with Gasteiger partial charge in [-0.25, -0.2) is 19.5 Å². The lowest BCUT2D eigenvalue weighted by Gasteiger charge is -2.30.